The van der Waals surface area contributed by atoms with Crippen LogP contribution in [0.15, 0.2) is 24.5 Å². The molecule has 0 amide bonds. The molecule has 0 bridgehead atoms. The lowest BCUT2D eigenvalue weighted by Gasteiger charge is -2.29. The SMILES string of the molecule is CCC(C)(CCO)NCc1ccncc1. The number of pyridine rings is 1. The van der Waals surface area contributed by atoms with E-state index < -0.39 is 0 Å². The summed E-state index contributed by atoms with van der Waals surface area (Å²) in [5.41, 5.74) is 1.25. The first kappa shape index (κ1) is 12.1. The minimum atomic E-state index is 0.0258. The molecule has 0 saturated heterocycles. The van der Waals surface area contributed by atoms with Gasteiger partial charge in [0.25, 0.3) is 0 Å². The molecule has 0 saturated carbocycles. The minimum Gasteiger partial charge on any atom is -0.396 e. The van der Waals surface area contributed by atoms with Crippen LogP contribution in [0.1, 0.15) is 32.3 Å². The second-order valence-corrected chi connectivity index (χ2v) is 4.10. The van der Waals surface area contributed by atoms with E-state index in [-0.39, 0.29) is 12.1 Å². The lowest BCUT2D eigenvalue weighted by atomic mass is 9.94. The summed E-state index contributed by atoms with van der Waals surface area (Å²) in [4.78, 5) is 3.98. The topological polar surface area (TPSA) is 45.1 Å². The first-order valence-electron chi connectivity index (χ1n) is 5.45. The van der Waals surface area contributed by atoms with E-state index in [1.165, 1.54) is 5.56 Å². The normalized spacial score (nSPS) is 14.9. The zero-order valence-electron chi connectivity index (χ0n) is 9.53. The van der Waals surface area contributed by atoms with Gasteiger partial charge in [0.05, 0.1) is 0 Å². The number of aliphatic hydroxyl groups is 1. The van der Waals surface area contributed by atoms with E-state index in [1.54, 1.807) is 12.4 Å². The molecule has 1 unspecified atom stereocenters. The van der Waals surface area contributed by atoms with Crippen molar-refractivity contribution in [2.75, 3.05) is 6.61 Å². The van der Waals surface area contributed by atoms with Gasteiger partial charge in [-0.3, -0.25) is 4.98 Å². The van der Waals surface area contributed by atoms with E-state index in [0.29, 0.717) is 0 Å². The fraction of sp³-hybridized carbons (Fsp3) is 0.583. The Morgan fingerprint density at radius 3 is 2.60 bits per heavy atom. The molecule has 3 heteroatoms. The van der Waals surface area contributed by atoms with Crippen LogP contribution in [0.2, 0.25) is 0 Å². The summed E-state index contributed by atoms with van der Waals surface area (Å²) < 4.78 is 0. The van der Waals surface area contributed by atoms with Gasteiger partial charge in [-0.05, 0) is 37.5 Å². The number of nitrogens with one attached hydrogen (secondary N) is 1. The average Bonchev–Trinajstić information content (AvgIpc) is 2.28. The van der Waals surface area contributed by atoms with Gasteiger partial charge in [0.1, 0.15) is 0 Å². The van der Waals surface area contributed by atoms with E-state index in [2.05, 4.69) is 24.1 Å². The van der Waals surface area contributed by atoms with Gasteiger partial charge in [-0.2, -0.15) is 0 Å². The molecule has 84 valence electrons. The predicted octanol–water partition coefficient (Wildman–Crippen LogP) is 1.72. The van der Waals surface area contributed by atoms with Crippen LogP contribution in [0.5, 0.6) is 0 Å². The maximum atomic E-state index is 8.98. The number of aromatic nitrogens is 1. The van der Waals surface area contributed by atoms with E-state index in [9.17, 15) is 0 Å². The lowest BCUT2D eigenvalue weighted by Crippen LogP contribution is -2.42. The second kappa shape index (κ2) is 5.83. The Morgan fingerprint density at radius 1 is 1.40 bits per heavy atom. The van der Waals surface area contributed by atoms with Crippen LogP contribution < -0.4 is 5.32 Å². The highest BCUT2D eigenvalue weighted by Gasteiger charge is 2.19. The quantitative estimate of drug-likeness (QED) is 0.748. The fourth-order valence-electron chi connectivity index (χ4n) is 1.45. The highest BCUT2D eigenvalue weighted by Crippen LogP contribution is 2.14. The summed E-state index contributed by atoms with van der Waals surface area (Å²) in [5.74, 6) is 0. The summed E-state index contributed by atoms with van der Waals surface area (Å²) >= 11 is 0. The maximum Gasteiger partial charge on any atom is 0.0448 e. The lowest BCUT2D eigenvalue weighted by molar-refractivity contribution is 0.214. The van der Waals surface area contributed by atoms with Crippen LogP contribution in [0.25, 0.3) is 0 Å². The van der Waals surface area contributed by atoms with E-state index >= 15 is 0 Å². The Labute approximate surface area is 91.5 Å². The molecule has 0 aromatic carbocycles. The molecule has 0 fully saturated rings. The Balaban J connectivity index is 2.47. The molecule has 1 rings (SSSR count). The minimum absolute atomic E-state index is 0.0258. The molecule has 3 nitrogen and oxygen atoms in total. The van der Waals surface area contributed by atoms with Crippen molar-refractivity contribution in [1.29, 1.82) is 0 Å². The molecule has 2 N–H and O–H groups in total. The molecule has 1 aromatic rings. The molecule has 1 atom stereocenters. The Bertz CT molecular complexity index is 276. The van der Waals surface area contributed by atoms with Crippen LogP contribution in [-0.4, -0.2) is 22.2 Å². The predicted molar refractivity (Wildman–Crippen MR) is 61.5 cm³/mol. The molecular formula is C12H20N2O. The zero-order chi connectivity index (χ0) is 11.1. The summed E-state index contributed by atoms with van der Waals surface area (Å²) in [6.07, 6.45) is 5.39. The highest BCUT2D eigenvalue weighted by molar-refractivity contribution is 5.09. The maximum absolute atomic E-state index is 8.98. The third kappa shape index (κ3) is 3.98. The largest absolute Gasteiger partial charge is 0.396 e. The summed E-state index contributed by atoms with van der Waals surface area (Å²) in [6, 6.07) is 4.00. The molecule has 0 radical (unpaired) electrons. The molecule has 1 aromatic heterocycles. The van der Waals surface area contributed by atoms with Crippen molar-refractivity contribution in [3.8, 4) is 0 Å². The zero-order valence-corrected chi connectivity index (χ0v) is 9.53. The molecule has 0 aliphatic rings. The summed E-state index contributed by atoms with van der Waals surface area (Å²) in [6.45, 7) is 5.33. The first-order chi connectivity index (χ1) is 7.20. The van der Waals surface area contributed by atoms with Crippen molar-refractivity contribution >= 4 is 0 Å². The second-order valence-electron chi connectivity index (χ2n) is 4.10. The molecule has 0 aliphatic heterocycles. The monoisotopic (exact) mass is 208 g/mol. The third-order valence-corrected chi connectivity index (χ3v) is 2.91. The molecule has 0 aliphatic carbocycles. The van der Waals surface area contributed by atoms with E-state index in [1.807, 2.05) is 12.1 Å². The molecule has 1 heterocycles. The van der Waals surface area contributed by atoms with Crippen LogP contribution in [0, 0.1) is 0 Å². The summed E-state index contributed by atoms with van der Waals surface area (Å²) in [5, 5.41) is 12.5. The van der Waals surface area contributed by atoms with Gasteiger partial charge in [0.2, 0.25) is 0 Å². The van der Waals surface area contributed by atoms with Gasteiger partial charge in [0.15, 0.2) is 0 Å². The van der Waals surface area contributed by atoms with Gasteiger partial charge in [0, 0.05) is 31.1 Å². The van der Waals surface area contributed by atoms with Gasteiger partial charge >= 0.3 is 0 Å². The van der Waals surface area contributed by atoms with Gasteiger partial charge in [-0.15, -0.1) is 0 Å². The standard InChI is InChI=1S/C12H20N2O/c1-3-12(2,6-9-15)14-10-11-4-7-13-8-5-11/h4-5,7-8,14-15H,3,6,9-10H2,1-2H3. The van der Waals surface area contributed by atoms with Gasteiger partial charge in [-0.1, -0.05) is 6.92 Å². The van der Waals surface area contributed by atoms with Crippen LogP contribution in [0.4, 0.5) is 0 Å². The van der Waals surface area contributed by atoms with Crippen LogP contribution in [0.3, 0.4) is 0 Å². The average molecular weight is 208 g/mol. The van der Waals surface area contributed by atoms with Gasteiger partial charge < -0.3 is 10.4 Å². The number of hydrogen-bond acceptors (Lipinski definition) is 3. The Kier molecular flexibility index (Phi) is 4.72. The highest BCUT2D eigenvalue weighted by atomic mass is 16.3. The van der Waals surface area contributed by atoms with Crippen LogP contribution in [-0.2, 0) is 6.54 Å². The van der Waals surface area contributed by atoms with Crippen molar-refractivity contribution < 1.29 is 5.11 Å². The van der Waals surface area contributed by atoms with E-state index in [4.69, 9.17) is 5.11 Å². The number of rotatable bonds is 6. The van der Waals surface area contributed by atoms with Crippen LogP contribution >= 0.6 is 0 Å². The molecule has 0 spiro atoms. The number of nitrogens with zero attached hydrogens (tertiary/aromatic N) is 1. The Morgan fingerprint density at radius 2 is 2.07 bits per heavy atom. The smallest absolute Gasteiger partial charge is 0.0448 e. The summed E-state index contributed by atoms with van der Waals surface area (Å²) in [7, 11) is 0. The molecule has 15 heavy (non-hydrogen) atoms. The number of hydrogen-bond donors (Lipinski definition) is 2. The van der Waals surface area contributed by atoms with Gasteiger partial charge in [-0.25, -0.2) is 0 Å². The molecular weight excluding hydrogens is 188 g/mol. The fourth-order valence-corrected chi connectivity index (χ4v) is 1.45. The van der Waals surface area contributed by atoms with Crippen molar-refractivity contribution in [2.45, 2.75) is 38.8 Å². The van der Waals surface area contributed by atoms with Crippen molar-refractivity contribution in [2.24, 2.45) is 0 Å². The van der Waals surface area contributed by atoms with Crippen molar-refractivity contribution in [3.63, 3.8) is 0 Å². The number of aliphatic hydroxyl groups excluding tert-OH is 1. The third-order valence-electron chi connectivity index (χ3n) is 2.91. The van der Waals surface area contributed by atoms with Crippen molar-refractivity contribution in [1.82, 2.24) is 10.3 Å². The Hall–Kier alpha value is -0.930. The van der Waals surface area contributed by atoms with Crippen molar-refractivity contribution in [3.05, 3.63) is 30.1 Å². The van der Waals surface area contributed by atoms with E-state index in [0.717, 1.165) is 19.4 Å². The first-order valence-corrected chi connectivity index (χ1v) is 5.45.